The molecule has 194 valence electrons. The molecule has 2 aromatic carbocycles. The van der Waals surface area contributed by atoms with Crippen LogP contribution in [0.5, 0.6) is 0 Å². The predicted octanol–water partition coefficient (Wildman–Crippen LogP) is 7.25. The van der Waals surface area contributed by atoms with Gasteiger partial charge in [-0.25, -0.2) is 9.97 Å². The number of hydrogen-bond acceptors (Lipinski definition) is 7. The van der Waals surface area contributed by atoms with Crippen LogP contribution < -0.4 is 10.6 Å². The number of alkyl halides is 3. The highest BCUT2D eigenvalue weighted by Gasteiger charge is 2.30. The van der Waals surface area contributed by atoms with Gasteiger partial charge in [0.15, 0.2) is 10.6 Å². The lowest BCUT2D eigenvalue weighted by Gasteiger charge is -2.15. The van der Waals surface area contributed by atoms with Gasteiger partial charge in [0.1, 0.15) is 10.5 Å². The van der Waals surface area contributed by atoms with Crippen molar-refractivity contribution in [1.29, 1.82) is 0 Å². The van der Waals surface area contributed by atoms with Crippen molar-refractivity contribution in [3.8, 4) is 0 Å². The Balaban J connectivity index is 1.44. The summed E-state index contributed by atoms with van der Waals surface area (Å²) in [6.07, 6.45) is -1.57. The van der Waals surface area contributed by atoms with Gasteiger partial charge >= 0.3 is 6.18 Å². The minimum absolute atomic E-state index is 0.404. The average molecular weight is 567 g/mol. The number of hydrogen-bond donors (Lipinski definition) is 2. The zero-order valence-electron chi connectivity index (χ0n) is 19.6. The molecule has 12 heteroatoms. The van der Waals surface area contributed by atoms with Crippen LogP contribution in [-0.2, 0) is 12.6 Å². The Morgan fingerprint density at radius 3 is 2.32 bits per heavy atom. The highest BCUT2D eigenvalue weighted by atomic mass is 35.5. The Morgan fingerprint density at radius 2 is 1.65 bits per heavy atom. The molecular formula is C25H23Cl2F3N6S. The first-order chi connectivity index (χ1) is 17.8. The van der Waals surface area contributed by atoms with Crippen LogP contribution in [0.1, 0.15) is 29.0 Å². The lowest BCUT2D eigenvalue weighted by atomic mass is 10.1. The molecule has 0 bridgehead atoms. The summed E-state index contributed by atoms with van der Waals surface area (Å²) in [4.78, 5) is 17.0. The number of rotatable bonds is 8. The maximum absolute atomic E-state index is 13.0. The molecule has 1 fully saturated rings. The second kappa shape index (κ2) is 11.0. The van der Waals surface area contributed by atoms with E-state index >= 15 is 0 Å². The number of likely N-dealkylation sites (tertiary alicyclic amines) is 1. The minimum atomic E-state index is -4.41. The summed E-state index contributed by atoms with van der Waals surface area (Å²) in [6, 6.07) is 10.1. The molecular weight excluding hydrogens is 544 g/mol. The molecule has 2 aromatic heterocycles. The van der Waals surface area contributed by atoms with Gasteiger partial charge in [0.05, 0.1) is 5.56 Å². The van der Waals surface area contributed by atoms with Gasteiger partial charge in [-0.1, -0.05) is 40.6 Å². The van der Waals surface area contributed by atoms with E-state index in [-0.39, 0.29) is 0 Å². The summed E-state index contributed by atoms with van der Waals surface area (Å²) in [7, 11) is 0. The van der Waals surface area contributed by atoms with Crippen LogP contribution in [0.3, 0.4) is 0 Å². The Labute approximate surface area is 225 Å². The molecule has 37 heavy (non-hydrogen) atoms. The molecule has 1 aliphatic rings. The third-order valence-corrected chi connectivity index (χ3v) is 7.73. The normalized spacial score (nSPS) is 14.4. The summed E-state index contributed by atoms with van der Waals surface area (Å²) >= 11 is 14.1. The fourth-order valence-corrected chi connectivity index (χ4v) is 5.65. The second-order valence-electron chi connectivity index (χ2n) is 8.71. The maximum Gasteiger partial charge on any atom is 0.416 e. The highest BCUT2D eigenvalue weighted by Crippen LogP contribution is 2.34. The number of benzene rings is 2. The van der Waals surface area contributed by atoms with Crippen molar-refractivity contribution in [1.82, 2.24) is 19.9 Å². The summed E-state index contributed by atoms with van der Waals surface area (Å²) < 4.78 is 39.0. The Morgan fingerprint density at radius 1 is 0.946 bits per heavy atom. The van der Waals surface area contributed by atoms with Crippen LogP contribution in [0.2, 0.25) is 10.0 Å². The van der Waals surface area contributed by atoms with Crippen LogP contribution in [0, 0.1) is 0 Å². The van der Waals surface area contributed by atoms with Crippen molar-refractivity contribution >= 4 is 62.3 Å². The van der Waals surface area contributed by atoms with E-state index in [0.717, 1.165) is 42.3 Å². The van der Waals surface area contributed by atoms with Gasteiger partial charge < -0.3 is 15.5 Å². The summed E-state index contributed by atoms with van der Waals surface area (Å²) in [6.45, 7) is 3.73. The van der Waals surface area contributed by atoms with Crippen molar-refractivity contribution < 1.29 is 13.2 Å². The minimum Gasteiger partial charge on any atom is -0.353 e. The smallest absolute Gasteiger partial charge is 0.353 e. The zero-order valence-corrected chi connectivity index (χ0v) is 21.9. The number of fused-ring (bicyclic) bond motifs is 1. The molecule has 5 rings (SSSR count). The van der Waals surface area contributed by atoms with Crippen molar-refractivity contribution in [2.45, 2.75) is 25.4 Å². The molecule has 2 N–H and O–H groups in total. The number of nitrogens with one attached hydrogen (secondary N) is 2. The molecule has 0 unspecified atom stereocenters. The van der Waals surface area contributed by atoms with Gasteiger partial charge in [-0.15, -0.1) is 0 Å². The van der Waals surface area contributed by atoms with Crippen molar-refractivity contribution in [2.75, 3.05) is 36.8 Å². The summed E-state index contributed by atoms with van der Waals surface area (Å²) in [5, 5.41) is 8.23. The topological polar surface area (TPSA) is 66.0 Å². The molecule has 0 saturated carbocycles. The number of anilines is 3. The summed E-state index contributed by atoms with van der Waals surface area (Å²) in [5.74, 6) is 0.827. The molecule has 0 spiro atoms. The van der Waals surface area contributed by atoms with Crippen LogP contribution in [0.25, 0.3) is 10.3 Å². The van der Waals surface area contributed by atoms with Gasteiger partial charge in [0.25, 0.3) is 0 Å². The van der Waals surface area contributed by atoms with E-state index in [9.17, 15) is 13.2 Å². The third kappa shape index (κ3) is 6.26. The highest BCUT2D eigenvalue weighted by molar-refractivity contribution is 7.18. The van der Waals surface area contributed by atoms with E-state index in [2.05, 4.69) is 25.5 Å². The van der Waals surface area contributed by atoms with Gasteiger partial charge in [-0.2, -0.15) is 18.2 Å². The maximum atomic E-state index is 13.0. The van der Waals surface area contributed by atoms with Crippen molar-refractivity contribution in [3.05, 3.63) is 68.6 Å². The van der Waals surface area contributed by atoms with Gasteiger partial charge in [0.2, 0.25) is 5.95 Å². The number of nitrogens with zero attached hydrogens (tertiary/aromatic N) is 4. The Hall–Kier alpha value is -2.66. The quantitative estimate of drug-likeness (QED) is 0.234. The second-order valence-corrected chi connectivity index (χ2v) is 10.6. The SMILES string of the molecule is FC(F)(F)c1ccc(Nc2nc(NCCN3CCCC3)nc3sc(Cc4c(Cl)cccc4Cl)nc23)cc1. The van der Waals surface area contributed by atoms with E-state index in [4.69, 9.17) is 28.2 Å². The van der Waals surface area contributed by atoms with Crippen LogP contribution in [0.4, 0.5) is 30.6 Å². The molecule has 1 aliphatic heterocycles. The number of thiazole rings is 1. The van der Waals surface area contributed by atoms with Crippen LogP contribution in [0.15, 0.2) is 42.5 Å². The largest absolute Gasteiger partial charge is 0.416 e. The van der Waals surface area contributed by atoms with Crippen molar-refractivity contribution in [2.24, 2.45) is 0 Å². The van der Waals surface area contributed by atoms with E-state index in [1.54, 1.807) is 18.2 Å². The molecule has 3 heterocycles. The molecule has 1 saturated heterocycles. The fraction of sp³-hybridized carbons (Fsp3) is 0.320. The predicted molar refractivity (Wildman–Crippen MR) is 143 cm³/mol. The number of aromatic nitrogens is 3. The summed E-state index contributed by atoms with van der Waals surface area (Å²) in [5.41, 5.74) is 1.02. The number of halogens is 5. The Kier molecular flexibility index (Phi) is 7.71. The van der Waals surface area contributed by atoms with Crippen LogP contribution in [-0.4, -0.2) is 46.0 Å². The lowest BCUT2D eigenvalue weighted by molar-refractivity contribution is -0.137. The van der Waals surface area contributed by atoms with E-state index < -0.39 is 11.7 Å². The molecule has 0 radical (unpaired) electrons. The monoisotopic (exact) mass is 566 g/mol. The van der Waals surface area contributed by atoms with Gasteiger partial charge in [-0.05, 0) is 67.9 Å². The molecule has 0 amide bonds. The molecule has 0 aliphatic carbocycles. The van der Waals surface area contributed by atoms with Crippen molar-refractivity contribution in [3.63, 3.8) is 0 Å². The first-order valence-corrected chi connectivity index (χ1v) is 13.3. The first kappa shape index (κ1) is 26.0. The zero-order chi connectivity index (χ0) is 26.0. The molecule has 4 aromatic rings. The van der Waals surface area contributed by atoms with E-state index in [1.807, 2.05) is 0 Å². The lowest BCUT2D eigenvalue weighted by Crippen LogP contribution is -2.26. The van der Waals surface area contributed by atoms with E-state index in [0.29, 0.717) is 50.8 Å². The molecule has 6 nitrogen and oxygen atoms in total. The van der Waals surface area contributed by atoms with E-state index in [1.165, 1.54) is 36.3 Å². The third-order valence-electron chi connectivity index (χ3n) is 6.08. The van der Waals surface area contributed by atoms with Gasteiger partial charge in [-0.3, -0.25) is 0 Å². The molecule has 0 atom stereocenters. The van der Waals surface area contributed by atoms with Gasteiger partial charge in [0, 0.05) is 35.2 Å². The first-order valence-electron chi connectivity index (χ1n) is 11.8. The fourth-order valence-electron chi connectivity index (χ4n) is 4.17. The van der Waals surface area contributed by atoms with Crippen LogP contribution >= 0.6 is 34.5 Å². The standard InChI is InChI=1S/C25H23Cl2F3N6S/c26-18-4-3-5-19(27)17(18)14-20-33-21-22(32-16-8-6-15(7-9-16)25(28,29)30)34-24(35-23(21)37-20)31-10-13-36-11-1-2-12-36/h3-9H,1-2,10-14H2,(H2,31,32,34,35). The Bertz CT molecular complexity index is 1370. The average Bonchev–Trinajstić information content (AvgIpc) is 3.51.